The Morgan fingerprint density at radius 3 is 2.70 bits per heavy atom. The number of terminal acetylenes is 1. The molecule has 0 bridgehead atoms. The minimum Gasteiger partial charge on any atom is -0.385 e. The second-order valence-corrected chi connectivity index (χ2v) is 2.56. The third-order valence-corrected chi connectivity index (χ3v) is 1.52. The third-order valence-electron chi connectivity index (χ3n) is 1.52. The van der Waals surface area contributed by atoms with Crippen LogP contribution in [0.25, 0.3) is 0 Å². The Hall–Kier alpha value is -0.480. The van der Waals surface area contributed by atoms with E-state index in [1.807, 2.05) is 0 Å². The fourth-order valence-electron chi connectivity index (χ4n) is 0.780. The highest BCUT2D eigenvalue weighted by Crippen LogP contribution is 2.05. The van der Waals surface area contributed by atoms with E-state index in [4.69, 9.17) is 11.2 Å². The van der Waals surface area contributed by atoms with Crippen LogP contribution in [0.2, 0.25) is 0 Å². The monoisotopic (exact) mass is 140 g/mol. The molecule has 0 aromatic carbocycles. The highest BCUT2D eigenvalue weighted by molar-refractivity contribution is 4.89. The van der Waals surface area contributed by atoms with Gasteiger partial charge in [0, 0.05) is 19.6 Å². The lowest BCUT2D eigenvalue weighted by molar-refractivity contribution is 0.191. The Bertz CT molecular complexity index is 102. The molecule has 1 heteroatoms. The number of unbranched alkanes of at least 4 members (excludes halogenated alkanes) is 1. The molecule has 0 rings (SSSR count). The molecule has 0 fully saturated rings. The van der Waals surface area contributed by atoms with Crippen LogP contribution in [0.15, 0.2) is 0 Å². The maximum absolute atomic E-state index is 5.21. The largest absolute Gasteiger partial charge is 0.385 e. The number of hydrogen-bond donors (Lipinski definition) is 0. The first-order valence-electron chi connectivity index (χ1n) is 3.76. The topological polar surface area (TPSA) is 9.23 Å². The molecule has 0 amide bonds. The van der Waals surface area contributed by atoms with Crippen LogP contribution in [0.3, 0.4) is 0 Å². The van der Waals surface area contributed by atoms with Gasteiger partial charge in [-0.15, -0.1) is 12.3 Å². The number of ether oxygens (including phenoxy) is 1. The summed E-state index contributed by atoms with van der Waals surface area (Å²) in [5.41, 5.74) is 0. The van der Waals surface area contributed by atoms with Gasteiger partial charge in [-0.2, -0.15) is 0 Å². The maximum atomic E-state index is 5.21. The molecule has 0 saturated carbocycles. The minimum absolute atomic E-state index is 0.428. The summed E-state index contributed by atoms with van der Waals surface area (Å²) in [5, 5.41) is 0. The van der Waals surface area contributed by atoms with E-state index in [-0.39, 0.29) is 0 Å². The molecule has 0 aliphatic rings. The van der Waals surface area contributed by atoms with Crippen LogP contribution in [-0.4, -0.2) is 13.7 Å². The van der Waals surface area contributed by atoms with Crippen LogP contribution in [0.5, 0.6) is 0 Å². The molecule has 0 spiro atoms. The van der Waals surface area contributed by atoms with E-state index >= 15 is 0 Å². The van der Waals surface area contributed by atoms with Crippen LogP contribution in [0.1, 0.15) is 26.2 Å². The molecule has 1 unspecified atom stereocenters. The van der Waals surface area contributed by atoms with Crippen LogP contribution in [0, 0.1) is 18.3 Å². The van der Waals surface area contributed by atoms with Gasteiger partial charge in [0.05, 0.1) is 0 Å². The van der Waals surface area contributed by atoms with Crippen molar-refractivity contribution in [2.24, 2.45) is 5.92 Å². The average Bonchev–Trinajstić information content (AvgIpc) is 1.98. The zero-order valence-electron chi connectivity index (χ0n) is 6.89. The molecule has 0 aromatic heterocycles. The summed E-state index contributed by atoms with van der Waals surface area (Å²) in [6, 6.07) is 0. The lowest BCUT2D eigenvalue weighted by Gasteiger charge is -2.01. The van der Waals surface area contributed by atoms with Gasteiger partial charge in [0.1, 0.15) is 0 Å². The van der Waals surface area contributed by atoms with E-state index in [9.17, 15) is 0 Å². The molecule has 0 radical (unpaired) electrons. The van der Waals surface area contributed by atoms with E-state index in [0.717, 1.165) is 19.4 Å². The number of methoxy groups -OCH3 is 1. The van der Waals surface area contributed by atoms with Gasteiger partial charge in [-0.05, 0) is 19.3 Å². The first kappa shape index (κ1) is 9.52. The summed E-state index contributed by atoms with van der Waals surface area (Å²) >= 11 is 0. The third kappa shape index (κ3) is 5.65. The van der Waals surface area contributed by atoms with E-state index in [1.165, 1.54) is 6.42 Å². The molecule has 0 aliphatic heterocycles. The van der Waals surface area contributed by atoms with Crippen molar-refractivity contribution >= 4 is 0 Å². The van der Waals surface area contributed by atoms with Crippen LogP contribution in [-0.2, 0) is 4.74 Å². The molecular formula is C9H16O. The number of rotatable bonds is 5. The van der Waals surface area contributed by atoms with Gasteiger partial charge in [0.25, 0.3) is 0 Å². The summed E-state index contributed by atoms with van der Waals surface area (Å²) in [5.74, 6) is 3.13. The van der Waals surface area contributed by atoms with E-state index in [2.05, 4.69) is 12.8 Å². The summed E-state index contributed by atoms with van der Waals surface area (Å²) in [4.78, 5) is 0. The Morgan fingerprint density at radius 1 is 1.50 bits per heavy atom. The second-order valence-electron chi connectivity index (χ2n) is 2.56. The van der Waals surface area contributed by atoms with Crippen LogP contribution in [0.4, 0.5) is 0 Å². The van der Waals surface area contributed by atoms with Crippen molar-refractivity contribution in [3.05, 3.63) is 0 Å². The highest BCUT2D eigenvalue weighted by Gasteiger charge is 1.94. The van der Waals surface area contributed by atoms with Crippen molar-refractivity contribution in [3.8, 4) is 12.3 Å². The Labute approximate surface area is 63.8 Å². The predicted molar refractivity (Wildman–Crippen MR) is 43.7 cm³/mol. The predicted octanol–water partition coefficient (Wildman–Crippen LogP) is 2.07. The van der Waals surface area contributed by atoms with Crippen molar-refractivity contribution in [3.63, 3.8) is 0 Å². The standard InChI is InChI=1S/C9H16O/c1-4-9(2)7-5-6-8-10-3/h1,9H,5-8H2,2-3H3. The first-order chi connectivity index (χ1) is 4.81. The SMILES string of the molecule is C#CC(C)CCCCOC. The van der Waals surface area contributed by atoms with Crippen molar-refractivity contribution in [2.75, 3.05) is 13.7 Å². The van der Waals surface area contributed by atoms with E-state index < -0.39 is 0 Å². The summed E-state index contributed by atoms with van der Waals surface area (Å²) in [6.45, 7) is 2.93. The summed E-state index contributed by atoms with van der Waals surface area (Å²) in [6.07, 6.45) is 8.64. The molecule has 1 atom stereocenters. The van der Waals surface area contributed by atoms with Gasteiger partial charge < -0.3 is 4.74 Å². The fourth-order valence-corrected chi connectivity index (χ4v) is 0.780. The zero-order valence-corrected chi connectivity index (χ0v) is 6.89. The molecule has 1 nitrogen and oxygen atoms in total. The van der Waals surface area contributed by atoms with E-state index in [0.29, 0.717) is 5.92 Å². The Balaban J connectivity index is 2.98. The van der Waals surface area contributed by atoms with Gasteiger partial charge in [0.15, 0.2) is 0 Å². The van der Waals surface area contributed by atoms with Crippen molar-refractivity contribution in [1.29, 1.82) is 0 Å². The molecule has 0 saturated heterocycles. The van der Waals surface area contributed by atoms with Crippen molar-refractivity contribution in [1.82, 2.24) is 0 Å². The molecule has 0 heterocycles. The summed E-state index contributed by atoms with van der Waals surface area (Å²) < 4.78 is 4.91. The van der Waals surface area contributed by atoms with Gasteiger partial charge in [-0.1, -0.05) is 6.92 Å². The van der Waals surface area contributed by atoms with Gasteiger partial charge in [0.2, 0.25) is 0 Å². The zero-order chi connectivity index (χ0) is 7.82. The molecule has 0 aliphatic carbocycles. The van der Waals surface area contributed by atoms with Crippen molar-refractivity contribution in [2.45, 2.75) is 26.2 Å². The normalized spacial score (nSPS) is 12.5. The lowest BCUT2D eigenvalue weighted by atomic mass is 10.1. The lowest BCUT2D eigenvalue weighted by Crippen LogP contribution is -1.93. The molecule has 10 heavy (non-hydrogen) atoms. The Morgan fingerprint density at radius 2 is 2.20 bits per heavy atom. The Kier molecular flexibility index (Phi) is 6.32. The summed E-state index contributed by atoms with van der Waals surface area (Å²) in [7, 11) is 1.73. The highest BCUT2D eigenvalue weighted by atomic mass is 16.5. The van der Waals surface area contributed by atoms with Crippen LogP contribution < -0.4 is 0 Å². The molecule has 0 aromatic rings. The minimum atomic E-state index is 0.428. The van der Waals surface area contributed by atoms with E-state index in [1.54, 1.807) is 7.11 Å². The second kappa shape index (κ2) is 6.64. The van der Waals surface area contributed by atoms with Crippen molar-refractivity contribution < 1.29 is 4.74 Å². The van der Waals surface area contributed by atoms with Gasteiger partial charge in [-0.3, -0.25) is 0 Å². The number of hydrogen-bond acceptors (Lipinski definition) is 1. The quantitative estimate of drug-likeness (QED) is 0.419. The van der Waals surface area contributed by atoms with Gasteiger partial charge >= 0.3 is 0 Å². The first-order valence-corrected chi connectivity index (χ1v) is 3.76. The van der Waals surface area contributed by atoms with Crippen LogP contribution >= 0.6 is 0 Å². The fraction of sp³-hybridized carbons (Fsp3) is 0.778. The molecule has 0 N–H and O–H groups in total. The molecular weight excluding hydrogens is 124 g/mol. The van der Waals surface area contributed by atoms with Gasteiger partial charge in [-0.25, -0.2) is 0 Å². The maximum Gasteiger partial charge on any atom is 0.0462 e. The molecule has 58 valence electrons. The average molecular weight is 140 g/mol. The smallest absolute Gasteiger partial charge is 0.0462 e.